The summed E-state index contributed by atoms with van der Waals surface area (Å²) in [5, 5.41) is 9.98. The fourth-order valence-electron chi connectivity index (χ4n) is 2.06. The predicted octanol–water partition coefficient (Wildman–Crippen LogP) is 3.92. The predicted molar refractivity (Wildman–Crippen MR) is 102 cm³/mol. The van der Waals surface area contributed by atoms with Gasteiger partial charge in [0.05, 0.1) is 5.92 Å². The first-order chi connectivity index (χ1) is 12.0. The average molecular weight is 366 g/mol. The van der Waals surface area contributed by atoms with E-state index in [1.54, 1.807) is 13.8 Å². The molecule has 0 aromatic heterocycles. The van der Waals surface area contributed by atoms with Crippen LogP contribution in [0.25, 0.3) is 0 Å². The number of carbonyl (C=O) groups excluding carboxylic acids is 1. The highest BCUT2D eigenvalue weighted by Crippen LogP contribution is 2.24. The maximum absolute atomic E-state index is 11.7. The fraction of sp³-hybridized carbons (Fsp3) is 0.667. The summed E-state index contributed by atoms with van der Waals surface area (Å²) < 4.78 is 16.6. The molecule has 1 aromatic rings. The van der Waals surface area contributed by atoms with Gasteiger partial charge < -0.3 is 19.3 Å². The van der Waals surface area contributed by atoms with E-state index in [1.165, 1.54) is 5.56 Å². The molecular weight excluding hydrogens is 332 g/mol. The summed E-state index contributed by atoms with van der Waals surface area (Å²) in [5.41, 5.74) is 1.30. The van der Waals surface area contributed by atoms with E-state index < -0.39 is 12.4 Å². The lowest BCUT2D eigenvalue weighted by Crippen LogP contribution is -2.35. The number of esters is 1. The molecule has 1 rings (SSSR count). The quantitative estimate of drug-likeness (QED) is 0.530. The Morgan fingerprint density at radius 1 is 1.04 bits per heavy atom. The molecule has 2 unspecified atom stereocenters. The number of ether oxygens (including phenoxy) is 3. The largest absolute Gasteiger partial charge is 0.491 e. The lowest BCUT2D eigenvalue weighted by molar-refractivity contribution is -0.185. The van der Waals surface area contributed by atoms with E-state index in [0.29, 0.717) is 5.75 Å². The van der Waals surface area contributed by atoms with Crippen molar-refractivity contribution in [1.29, 1.82) is 0 Å². The third-order valence-electron chi connectivity index (χ3n) is 3.94. The van der Waals surface area contributed by atoms with Crippen molar-refractivity contribution in [3.8, 4) is 5.75 Å². The molecule has 0 spiro atoms. The van der Waals surface area contributed by atoms with E-state index in [2.05, 4.69) is 20.8 Å². The summed E-state index contributed by atoms with van der Waals surface area (Å²) >= 11 is 0. The van der Waals surface area contributed by atoms with Gasteiger partial charge in [-0.15, -0.1) is 0 Å². The van der Waals surface area contributed by atoms with Crippen LogP contribution in [-0.2, 0) is 19.7 Å². The lowest BCUT2D eigenvalue weighted by Gasteiger charge is -2.24. The van der Waals surface area contributed by atoms with Crippen molar-refractivity contribution in [1.82, 2.24) is 0 Å². The first-order valence-electron chi connectivity index (χ1n) is 9.24. The van der Waals surface area contributed by atoms with Crippen molar-refractivity contribution in [2.24, 2.45) is 11.8 Å². The molecule has 0 saturated heterocycles. The van der Waals surface area contributed by atoms with Crippen LogP contribution in [0.15, 0.2) is 24.3 Å². The van der Waals surface area contributed by atoms with Crippen molar-refractivity contribution in [3.63, 3.8) is 0 Å². The average Bonchev–Trinajstić information content (AvgIpc) is 2.56. The van der Waals surface area contributed by atoms with E-state index in [1.807, 2.05) is 38.1 Å². The van der Waals surface area contributed by atoms with E-state index in [-0.39, 0.29) is 36.4 Å². The summed E-state index contributed by atoms with van der Waals surface area (Å²) in [7, 11) is 0. The van der Waals surface area contributed by atoms with Crippen LogP contribution < -0.4 is 4.74 Å². The van der Waals surface area contributed by atoms with Crippen LogP contribution in [0.1, 0.15) is 54.0 Å². The molecule has 0 radical (unpaired) electrons. The Morgan fingerprint density at radius 2 is 1.62 bits per heavy atom. The zero-order chi connectivity index (χ0) is 19.9. The van der Waals surface area contributed by atoms with Gasteiger partial charge in [0.1, 0.15) is 25.1 Å². The Balaban J connectivity index is 2.67. The zero-order valence-corrected chi connectivity index (χ0v) is 17.1. The molecular formula is C21H34O5. The molecule has 5 heteroatoms. The Kier molecular flexibility index (Phi) is 8.57. The summed E-state index contributed by atoms with van der Waals surface area (Å²) in [4.78, 5) is 11.7. The molecule has 5 nitrogen and oxygen atoms in total. The van der Waals surface area contributed by atoms with Gasteiger partial charge in [0.25, 0.3) is 0 Å². The van der Waals surface area contributed by atoms with Gasteiger partial charge in [-0.2, -0.15) is 0 Å². The molecule has 0 fully saturated rings. The maximum atomic E-state index is 11.7. The third-order valence-corrected chi connectivity index (χ3v) is 3.94. The molecule has 0 saturated carbocycles. The number of hydrogen-bond donors (Lipinski definition) is 1. The standard InChI is InChI=1S/C21H34O5/c1-14(2)19(22)25-13-18(26-20(23)15(3)4)12-24-17-10-8-16(9-11-17)21(5,6)7/h8-11,14-15,18,20,23H,12-13H2,1-7H3. The zero-order valence-electron chi connectivity index (χ0n) is 17.1. The van der Waals surface area contributed by atoms with Crippen LogP contribution in [-0.4, -0.2) is 36.7 Å². The molecule has 0 aliphatic rings. The van der Waals surface area contributed by atoms with Gasteiger partial charge in [0.15, 0.2) is 6.29 Å². The first-order valence-corrected chi connectivity index (χ1v) is 9.24. The van der Waals surface area contributed by atoms with Gasteiger partial charge in [0.2, 0.25) is 0 Å². The van der Waals surface area contributed by atoms with Gasteiger partial charge in [-0.3, -0.25) is 4.79 Å². The van der Waals surface area contributed by atoms with Crippen LogP contribution in [0.5, 0.6) is 5.75 Å². The topological polar surface area (TPSA) is 65.0 Å². The van der Waals surface area contributed by atoms with E-state index in [9.17, 15) is 9.90 Å². The molecule has 2 atom stereocenters. The lowest BCUT2D eigenvalue weighted by atomic mass is 9.87. The normalized spacial score (nSPS) is 14.4. The highest BCUT2D eigenvalue weighted by molar-refractivity contribution is 5.71. The fourth-order valence-corrected chi connectivity index (χ4v) is 2.06. The number of rotatable bonds is 9. The van der Waals surface area contributed by atoms with Crippen LogP contribution in [0.3, 0.4) is 0 Å². The second-order valence-electron chi connectivity index (χ2n) is 8.26. The molecule has 148 valence electrons. The minimum Gasteiger partial charge on any atom is -0.491 e. The Hall–Kier alpha value is -1.59. The highest BCUT2D eigenvalue weighted by Gasteiger charge is 2.21. The Morgan fingerprint density at radius 3 is 2.08 bits per heavy atom. The van der Waals surface area contributed by atoms with Crippen molar-refractivity contribution >= 4 is 5.97 Å². The van der Waals surface area contributed by atoms with Crippen LogP contribution >= 0.6 is 0 Å². The molecule has 1 N–H and O–H groups in total. The van der Waals surface area contributed by atoms with E-state index in [0.717, 1.165) is 0 Å². The maximum Gasteiger partial charge on any atom is 0.308 e. The van der Waals surface area contributed by atoms with Gasteiger partial charge in [-0.1, -0.05) is 60.6 Å². The van der Waals surface area contributed by atoms with Crippen molar-refractivity contribution in [2.45, 2.75) is 66.3 Å². The SMILES string of the molecule is CC(C)C(=O)OCC(COc1ccc(C(C)(C)C)cc1)OC(O)C(C)C. The number of carbonyl (C=O) groups is 1. The van der Waals surface area contributed by atoms with Crippen molar-refractivity contribution in [2.75, 3.05) is 13.2 Å². The Bertz CT molecular complexity index is 543. The molecule has 0 bridgehead atoms. The molecule has 0 amide bonds. The first kappa shape index (κ1) is 22.5. The van der Waals surface area contributed by atoms with Crippen LogP contribution in [0, 0.1) is 11.8 Å². The van der Waals surface area contributed by atoms with Gasteiger partial charge in [0, 0.05) is 5.92 Å². The van der Waals surface area contributed by atoms with Gasteiger partial charge in [-0.05, 0) is 23.1 Å². The molecule has 1 aromatic carbocycles. The van der Waals surface area contributed by atoms with Gasteiger partial charge >= 0.3 is 5.97 Å². The number of hydrogen-bond acceptors (Lipinski definition) is 5. The van der Waals surface area contributed by atoms with E-state index >= 15 is 0 Å². The number of aliphatic hydroxyl groups is 1. The third kappa shape index (κ3) is 7.75. The summed E-state index contributed by atoms with van der Waals surface area (Å²) in [6.45, 7) is 13.9. The molecule has 0 heterocycles. The minimum absolute atomic E-state index is 0.0425. The summed E-state index contributed by atoms with van der Waals surface area (Å²) in [6, 6.07) is 7.90. The monoisotopic (exact) mass is 366 g/mol. The highest BCUT2D eigenvalue weighted by atomic mass is 16.6. The van der Waals surface area contributed by atoms with Gasteiger partial charge in [-0.25, -0.2) is 0 Å². The smallest absolute Gasteiger partial charge is 0.308 e. The van der Waals surface area contributed by atoms with Crippen LogP contribution in [0.4, 0.5) is 0 Å². The van der Waals surface area contributed by atoms with Crippen molar-refractivity contribution < 1.29 is 24.1 Å². The molecule has 0 aliphatic carbocycles. The molecule has 0 aliphatic heterocycles. The molecule has 26 heavy (non-hydrogen) atoms. The number of benzene rings is 1. The minimum atomic E-state index is -0.940. The van der Waals surface area contributed by atoms with E-state index in [4.69, 9.17) is 14.2 Å². The Labute approximate surface area is 157 Å². The second kappa shape index (κ2) is 9.93. The van der Waals surface area contributed by atoms with Crippen molar-refractivity contribution in [3.05, 3.63) is 29.8 Å². The summed E-state index contributed by atoms with van der Waals surface area (Å²) in [5.74, 6) is 0.133. The summed E-state index contributed by atoms with van der Waals surface area (Å²) in [6.07, 6.45) is -1.48. The second-order valence-corrected chi connectivity index (χ2v) is 8.26. The number of aliphatic hydroxyl groups excluding tert-OH is 1. The van der Waals surface area contributed by atoms with Crippen LogP contribution in [0.2, 0.25) is 0 Å².